The monoisotopic (exact) mass is 247 g/mol. The molecule has 0 fully saturated rings. The molecule has 3 N–H and O–H groups in total. The van der Waals surface area contributed by atoms with Gasteiger partial charge in [0.2, 0.25) is 0 Å². The maximum Gasteiger partial charge on any atom is 0.266 e. The van der Waals surface area contributed by atoms with Crippen LogP contribution in [0.3, 0.4) is 0 Å². The lowest BCUT2D eigenvalue weighted by Gasteiger charge is -2.20. The Bertz CT molecular complexity index is 663. The minimum Gasteiger partial charge on any atom is -0.399 e. The van der Waals surface area contributed by atoms with Crippen molar-refractivity contribution in [2.75, 3.05) is 23.3 Å². The molecule has 0 radical (unpaired) electrons. The first-order valence-electron chi connectivity index (χ1n) is 5.47. The van der Waals surface area contributed by atoms with Crippen molar-refractivity contribution in [1.29, 1.82) is 0 Å². The number of aryl methyl sites for hydroxylation is 1. The topological polar surface area (TPSA) is 60.0 Å². The van der Waals surface area contributed by atoms with Gasteiger partial charge in [-0.1, -0.05) is 0 Å². The SMILES string of the molecule is Cn1c(=O)c2c(c3cc(N)ccc31)NCCS2. The molecule has 0 saturated carbocycles. The predicted octanol–water partition coefficient (Wildman–Crippen LogP) is 1.64. The Hall–Kier alpha value is -1.62. The van der Waals surface area contributed by atoms with E-state index in [0.29, 0.717) is 0 Å². The molecule has 0 aliphatic carbocycles. The Labute approximate surface area is 103 Å². The van der Waals surface area contributed by atoms with Crippen molar-refractivity contribution in [3.05, 3.63) is 28.6 Å². The largest absolute Gasteiger partial charge is 0.399 e. The summed E-state index contributed by atoms with van der Waals surface area (Å²) in [6.45, 7) is 0.884. The second-order valence-corrected chi connectivity index (χ2v) is 5.23. The maximum atomic E-state index is 12.2. The third kappa shape index (κ3) is 1.50. The molecule has 1 aromatic carbocycles. The van der Waals surface area contributed by atoms with Gasteiger partial charge in [-0.25, -0.2) is 0 Å². The van der Waals surface area contributed by atoms with E-state index in [0.717, 1.165) is 39.5 Å². The van der Waals surface area contributed by atoms with Crippen molar-refractivity contribution in [3.63, 3.8) is 0 Å². The third-order valence-corrected chi connectivity index (χ3v) is 4.10. The fourth-order valence-corrected chi connectivity index (χ4v) is 3.17. The average molecular weight is 247 g/mol. The fraction of sp³-hybridized carbons (Fsp3) is 0.250. The van der Waals surface area contributed by atoms with Crippen LogP contribution in [0.25, 0.3) is 10.9 Å². The molecule has 0 bridgehead atoms. The summed E-state index contributed by atoms with van der Waals surface area (Å²) in [5.41, 5.74) is 8.46. The molecule has 0 amide bonds. The number of nitrogens with zero attached hydrogens (tertiary/aromatic N) is 1. The minimum absolute atomic E-state index is 0.0643. The van der Waals surface area contributed by atoms with E-state index in [1.807, 2.05) is 18.2 Å². The van der Waals surface area contributed by atoms with Gasteiger partial charge >= 0.3 is 0 Å². The predicted molar refractivity (Wildman–Crippen MR) is 72.8 cm³/mol. The number of thioether (sulfide) groups is 1. The van der Waals surface area contributed by atoms with Gasteiger partial charge in [-0.15, -0.1) is 11.8 Å². The summed E-state index contributed by atoms with van der Waals surface area (Å²) >= 11 is 1.61. The molecule has 0 atom stereocenters. The van der Waals surface area contributed by atoms with Gasteiger partial charge in [0.15, 0.2) is 0 Å². The van der Waals surface area contributed by atoms with Gasteiger partial charge in [-0.05, 0) is 18.2 Å². The first-order valence-corrected chi connectivity index (χ1v) is 6.46. The standard InChI is InChI=1S/C12H13N3OS/c1-15-9-3-2-7(13)6-8(9)10-11(12(15)16)17-5-4-14-10/h2-3,6,14H,4-5,13H2,1H3. The van der Waals surface area contributed by atoms with E-state index in [9.17, 15) is 4.79 Å². The van der Waals surface area contributed by atoms with E-state index >= 15 is 0 Å². The lowest BCUT2D eigenvalue weighted by molar-refractivity contribution is 0.873. The van der Waals surface area contributed by atoms with E-state index in [-0.39, 0.29) is 5.56 Å². The lowest BCUT2D eigenvalue weighted by atomic mass is 10.1. The Morgan fingerprint density at radius 3 is 3.12 bits per heavy atom. The zero-order chi connectivity index (χ0) is 12.0. The Morgan fingerprint density at radius 2 is 2.29 bits per heavy atom. The summed E-state index contributed by atoms with van der Waals surface area (Å²) in [6, 6.07) is 5.64. The quantitative estimate of drug-likeness (QED) is 0.695. The molecule has 2 heterocycles. The van der Waals surface area contributed by atoms with Crippen LogP contribution in [0, 0.1) is 0 Å². The summed E-state index contributed by atoms with van der Waals surface area (Å²) in [6.07, 6.45) is 0. The highest BCUT2D eigenvalue weighted by Gasteiger charge is 2.18. The molecule has 0 saturated heterocycles. The summed E-state index contributed by atoms with van der Waals surface area (Å²) in [7, 11) is 1.80. The van der Waals surface area contributed by atoms with Crippen LogP contribution in [0.4, 0.5) is 11.4 Å². The maximum absolute atomic E-state index is 12.2. The van der Waals surface area contributed by atoms with E-state index in [1.165, 1.54) is 0 Å². The van der Waals surface area contributed by atoms with Crippen LogP contribution in [-0.4, -0.2) is 16.9 Å². The lowest BCUT2D eigenvalue weighted by Crippen LogP contribution is -2.24. The first kappa shape index (κ1) is 10.5. The number of aromatic nitrogens is 1. The number of hydrogen-bond acceptors (Lipinski definition) is 4. The first-order chi connectivity index (χ1) is 8.18. The second-order valence-electron chi connectivity index (χ2n) is 4.12. The van der Waals surface area contributed by atoms with Gasteiger partial charge in [0.05, 0.1) is 16.1 Å². The van der Waals surface area contributed by atoms with Gasteiger partial charge in [-0.2, -0.15) is 0 Å². The van der Waals surface area contributed by atoms with Crippen molar-refractivity contribution in [1.82, 2.24) is 4.57 Å². The van der Waals surface area contributed by atoms with Crippen LogP contribution in [0.2, 0.25) is 0 Å². The van der Waals surface area contributed by atoms with Crippen molar-refractivity contribution in [2.24, 2.45) is 7.05 Å². The molecule has 0 spiro atoms. The summed E-state index contributed by atoms with van der Waals surface area (Å²) in [5, 5.41) is 4.33. The number of nitrogen functional groups attached to an aromatic ring is 1. The highest BCUT2D eigenvalue weighted by Crippen LogP contribution is 2.34. The van der Waals surface area contributed by atoms with Gasteiger partial charge in [0, 0.05) is 30.4 Å². The normalized spacial score (nSPS) is 14.4. The smallest absolute Gasteiger partial charge is 0.266 e. The number of rotatable bonds is 0. The highest BCUT2D eigenvalue weighted by molar-refractivity contribution is 7.99. The van der Waals surface area contributed by atoms with Gasteiger partial charge < -0.3 is 15.6 Å². The third-order valence-electron chi connectivity index (χ3n) is 3.03. The van der Waals surface area contributed by atoms with E-state index in [2.05, 4.69) is 5.32 Å². The van der Waals surface area contributed by atoms with Crippen LogP contribution in [-0.2, 0) is 7.05 Å². The number of benzene rings is 1. The Kier molecular flexibility index (Phi) is 2.29. The zero-order valence-electron chi connectivity index (χ0n) is 9.49. The van der Waals surface area contributed by atoms with Crippen LogP contribution < -0.4 is 16.6 Å². The Balaban J connectivity index is 2.49. The minimum atomic E-state index is 0.0643. The fourth-order valence-electron chi connectivity index (χ4n) is 2.18. The zero-order valence-corrected chi connectivity index (χ0v) is 10.3. The molecule has 2 aromatic rings. The number of pyridine rings is 1. The van der Waals surface area contributed by atoms with Crippen LogP contribution in [0.1, 0.15) is 0 Å². The van der Waals surface area contributed by atoms with E-state index < -0.39 is 0 Å². The molecule has 0 unspecified atom stereocenters. The van der Waals surface area contributed by atoms with Crippen molar-refractivity contribution in [3.8, 4) is 0 Å². The van der Waals surface area contributed by atoms with Crippen molar-refractivity contribution in [2.45, 2.75) is 4.90 Å². The molecular weight excluding hydrogens is 234 g/mol. The molecule has 1 aliphatic rings. The van der Waals surface area contributed by atoms with Crippen LogP contribution in [0.15, 0.2) is 27.9 Å². The van der Waals surface area contributed by atoms with Gasteiger partial charge in [0.25, 0.3) is 5.56 Å². The number of fused-ring (bicyclic) bond motifs is 3. The molecule has 1 aromatic heterocycles. The molecule has 5 heteroatoms. The summed E-state index contributed by atoms with van der Waals surface area (Å²) in [4.78, 5) is 13.0. The van der Waals surface area contributed by atoms with Crippen LogP contribution in [0.5, 0.6) is 0 Å². The van der Waals surface area contributed by atoms with E-state index in [1.54, 1.807) is 23.4 Å². The Morgan fingerprint density at radius 1 is 1.47 bits per heavy atom. The summed E-state index contributed by atoms with van der Waals surface area (Å²) in [5.74, 6) is 0.927. The molecular formula is C12H13N3OS. The van der Waals surface area contributed by atoms with E-state index in [4.69, 9.17) is 5.73 Å². The number of anilines is 2. The average Bonchev–Trinajstić information content (AvgIpc) is 2.36. The number of nitrogens with two attached hydrogens (primary N) is 1. The molecule has 17 heavy (non-hydrogen) atoms. The molecule has 1 aliphatic heterocycles. The molecule has 3 rings (SSSR count). The van der Waals surface area contributed by atoms with Gasteiger partial charge in [-0.3, -0.25) is 4.79 Å². The van der Waals surface area contributed by atoms with Gasteiger partial charge in [0.1, 0.15) is 0 Å². The molecule has 88 valence electrons. The number of hydrogen-bond donors (Lipinski definition) is 2. The van der Waals surface area contributed by atoms with Crippen molar-refractivity contribution < 1.29 is 0 Å². The summed E-state index contributed by atoms with van der Waals surface area (Å²) < 4.78 is 1.69. The van der Waals surface area contributed by atoms with Crippen LogP contribution >= 0.6 is 11.8 Å². The highest BCUT2D eigenvalue weighted by atomic mass is 32.2. The van der Waals surface area contributed by atoms with Crippen molar-refractivity contribution >= 4 is 34.0 Å². The number of nitrogens with one attached hydrogen (secondary N) is 1. The molecule has 4 nitrogen and oxygen atoms in total. The second kappa shape index (κ2) is 3.70.